The van der Waals surface area contributed by atoms with Crippen molar-refractivity contribution >= 4 is 51.2 Å². The second-order valence-electron chi connectivity index (χ2n) is 5.57. The van der Waals surface area contributed by atoms with Gasteiger partial charge >= 0.3 is 0 Å². The van der Waals surface area contributed by atoms with Crippen LogP contribution in [0.5, 0.6) is 0 Å². The van der Waals surface area contributed by atoms with E-state index in [1.165, 1.54) is 47.4 Å². The van der Waals surface area contributed by atoms with Gasteiger partial charge in [-0.05, 0) is 30.7 Å². The molecule has 0 aliphatic heterocycles. The third-order valence-corrected chi connectivity index (χ3v) is 5.52. The van der Waals surface area contributed by atoms with E-state index in [1.54, 1.807) is 25.1 Å². The predicted octanol–water partition coefficient (Wildman–Crippen LogP) is 4.37. The summed E-state index contributed by atoms with van der Waals surface area (Å²) in [4.78, 5) is 22.4. The molecule has 0 aliphatic carbocycles. The first-order valence-electron chi connectivity index (χ1n) is 7.95. The highest BCUT2D eigenvalue weighted by Crippen LogP contribution is 2.29. The third-order valence-electron chi connectivity index (χ3n) is 3.54. The topological polar surface area (TPSA) is 110 Å². The van der Waals surface area contributed by atoms with Gasteiger partial charge in [-0.2, -0.15) is 0 Å². The minimum atomic E-state index is -0.489. The van der Waals surface area contributed by atoms with Gasteiger partial charge in [-0.25, -0.2) is 4.39 Å². The summed E-state index contributed by atoms with van der Waals surface area (Å²) in [6.07, 6.45) is 0. The van der Waals surface area contributed by atoms with Crippen molar-refractivity contribution in [3.63, 3.8) is 0 Å². The Kier molecular flexibility index (Phi) is 6.16. The molecule has 0 atom stereocenters. The van der Waals surface area contributed by atoms with E-state index >= 15 is 0 Å². The molecule has 0 spiro atoms. The normalized spacial score (nSPS) is 10.5. The molecule has 2 aromatic carbocycles. The molecule has 144 valence electrons. The monoisotopic (exact) mass is 419 g/mol. The molecule has 3 rings (SSSR count). The Morgan fingerprint density at radius 2 is 2.04 bits per heavy atom. The number of anilines is 3. The van der Waals surface area contributed by atoms with E-state index in [0.29, 0.717) is 26.4 Å². The van der Waals surface area contributed by atoms with Crippen molar-refractivity contribution in [3.8, 4) is 0 Å². The summed E-state index contributed by atoms with van der Waals surface area (Å²) in [6, 6.07) is 10.4. The van der Waals surface area contributed by atoms with E-state index in [-0.39, 0.29) is 17.3 Å². The van der Waals surface area contributed by atoms with Crippen LogP contribution in [0.2, 0.25) is 0 Å². The van der Waals surface area contributed by atoms with Gasteiger partial charge in [0, 0.05) is 17.8 Å². The molecule has 8 nitrogen and oxygen atoms in total. The first kappa shape index (κ1) is 19.7. The van der Waals surface area contributed by atoms with E-state index in [9.17, 15) is 19.3 Å². The average Bonchev–Trinajstić information content (AvgIpc) is 3.11. The first-order chi connectivity index (χ1) is 13.4. The number of thioether (sulfide) groups is 1. The van der Waals surface area contributed by atoms with E-state index in [0.717, 1.165) is 0 Å². The minimum absolute atomic E-state index is 0.0337. The summed E-state index contributed by atoms with van der Waals surface area (Å²) in [5, 5.41) is 24.6. The standard InChI is InChI=1S/C17H14FN5O3S2/c1-10-8-11(23(25)26)6-7-13(10)19-15(24)9-27-17-22-21-16(28-17)20-14-5-3-2-4-12(14)18/h2-8H,9H2,1H3,(H,19,24)(H,20,21). The number of nitrogens with zero attached hydrogens (tertiary/aromatic N) is 3. The fourth-order valence-corrected chi connectivity index (χ4v) is 3.78. The van der Waals surface area contributed by atoms with E-state index in [2.05, 4.69) is 20.8 Å². The molecular weight excluding hydrogens is 405 g/mol. The molecule has 0 saturated heterocycles. The quantitative estimate of drug-likeness (QED) is 0.332. The number of nitro benzene ring substituents is 1. The van der Waals surface area contributed by atoms with Gasteiger partial charge in [0.1, 0.15) is 5.82 Å². The predicted molar refractivity (Wildman–Crippen MR) is 107 cm³/mol. The molecule has 0 saturated carbocycles. The Balaban J connectivity index is 1.55. The summed E-state index contributed by atoms with van der Waals surface area (Å²) in [5.74, 6) is -0.587. The van der Waals surface area contributed by atoms with Crippen LogP contribution in [-0.4, -0.2) is 26.8 Å². The summed E-state index contributed by atoms with van der Waals surface area (Å²) >= 11 is 2.39. The van der Waals surface area contributed by atoms with Crippen molar-refractivity contribution in [1.82, 2.24) is 10.2 Å². The zero-order valence-corrected chi connectivity index (χ0v) is 16.1. The smallest absolute Gasteiger partial charge is 0.269 e. The maximum Gasteiger partial charge on any atom is 0.269 e. The number of amides is 1. The molecule has 28 heavy (non-hydrogen) atoms. The second-order valence-corrected chi connectivity index (χ2v) is 7.77. The molecule has 3 aromatic rings. The molecule has 1 amide bonds. The van der Waals surface area contributed by atoms with Crippen molar-refractivity contribution in [2.45, 2.75) is 11.3 Å². The SMILES string of the molecule is Cc1cc([N+](=O)[O-])ccc1NC(=O)CSc1nnc(Nc2ccccc2F)s1. The maximum atomic E-state index is 13.6. The molecule has 0 unspecified atom stereocenters. The molecule has 11 heteroatoms. The van der Waals surface area contributed by atoms with Crippen molar-refractivity contribution in [2.24, 2.45) is 0 Å². The number of benzene rings is 2. The number of hydrogen-bond acceptors (Lipinski definition) is 8. The molecule has 1 aromatic heterocycles. The lowest BCUT2D eigenvalue weighted by Crippen LogP contribution is -2.14. The van der Waals surface area contributed by atoms with Crippen molar-refractivity contribution in [1.29, 1.82) is 0 Å². The number of non-ortho nitro benzene ring substituents is 1. The lowest BCUT2D eigenvalue weighted by Gasteiger charge is -2.07. The fraction of sp³-hybridized carbons (Fsp3) is 0.118. The number of para-hydroxylation sites is 1. The van der Waals surface area contributed by atoms with Crippen LogP contribution in [0.4, 0.5) is 26.6 Å². The molecule has 1 heterocycles. The number of nitro groups is 1. The van der Waals surface area contributed by atoms with E-state index in [1.807, 2.05) is 0 Å². The third kappa shape index (κ3) is 5.02. The van der Waals surface area contributed by atoms with Crippen LogP contribution in [0.15, 0.2) is 46.8 Å². The Morgan fingerprint density at radius 1 is 1.25 bits per heavy atom. The number of carbonyl (C=O) groups is 1. The first-order valence-corrected chi connectivity index (χ1v) is 9.75. The van der Waals surface area contributed by atoms with Gasteiger partial charge < -0.3 is 10.6 Å². The van der Waals surface area contributed by atoms with E-state index < -0.39 is 10.7 Å². The van der Waals surface area contributed by atoms with Gasteiger partial charge in [-0.1, -0.05) is 35.2 Å². The Labute approximate surface area is 167 Å². The number of halogens is 1. The van der Waals surface area contributed by atoms with Gasteiger partial charge in [0.05, 0.1) is 16.4 Å². The summed E-state index contributed by atoms with van der Waals surface area (Å²) in [7, 11) is 0. The van der Waals surface area contributed by atoms with Crippen LogP contribution >= 0.6 is 23.1 Å². The number of aromatic nitrogens is 2. The Bertz CT molecular complexity index is 1030. The van der Waals surface area contributed by atoms with Crippen LogP contribution < -0.4 is 10.6 Å². The lowest BCUT2D eigenvalue weighted by atomic mass is 10.2. The highest BCUT2D eigenvalue weighted by Gasteiger charge is 2.12. The maximum absolute atomic E-state index is 13.6. The summed E-state index contributed by atoms with van der Waals surface area (Å²) in [6.45, 7) is 1.68. The van der Waals surface area contributed by atoms with Crippen LogP contribution in [0.1, 0.15) is 5.56 Å². The van der Waals surface area contributed by atoms with Gasteiger partial charge in [0.25, 0.3) is 5.69 Å². The van der Waals surface area contributed by atoms with Crippen LogP contribution in [0, 0.1) is 22.9 Å². The molecule has 2 N–H and O–H groups in total. The van der Waals surface area contributed by atoms with Gasteiger partial charge in [-0.3, -0.25) is 14.9 Å². The Hall–Kier alpha value is -3.05. The van der Waals surface area contributed by atoms with Gasteiger partial charge in [0.2, 0.25) is 11.0 Å². The number of hydrogen-bond donors (Lipinski definition) is 2. The van der Waals surface area contributed by atoms with Gasteiger partial charge in [-0.15, -0.1) is 10.2 Å². The fourth-order valence-electron chi connectivity index (χ4n) is 2.21. The number of nitrogens with one attached hydrogen (secondary N) is 2. The van der Waals surface area contributed by atoms with Crippen molar-refractivity contribution in [3.05, 3.63) is 64.0 Å². The van der Waals surface area contributed by atoms with E-state index in [4.69, 9.17) is 0 Å². The van der Waals surface area contributed by atoms with Crippen molar-refractivity contribution < 1.29 is 14.1 Å². The highest BCUT2D eigenvalue weighted by atomic mass is 32.2. The molecule has 0 aliphatic rings. The summed E-state index contributed by atoms with van der Waals surface area (Å²) in [5.41, 5.74) is 1.37. The van der Waals surface area contributed by atoms with Crippen LogP contribution in [0.25, 0.3) is 0 Å². The Morgan fingerprint density at radius 3 is 2.75 bits per heavy atom. The number of carbonyl (C=O) groups excluding carboxylic acids is 1. The zero-order valence-electron chi connectivity index (χ0n) is 14.5. The second kappa shape index (κ2) is 8.76. The molecule has 0 radical (unpaired) electrons. The number of rotatable bonds is 7. The summed E-state index contributed by atoms with van der Waals surface area (Å²) < 4.78 is 14.2. The van der Waals surface area contributed by atoms with Crippen LogP contribution in [-0.2, 0) is 4.79 Å². The van der Waals surface area contributed by atoms with Crippen LogP contribution in [0.3, 0.4) is 0 Å². The largest absolute Gasteiger partial charge is 0.328 e. The average molecular weight is 419 g/mol. The lowest BCUT2D eigenvalue weighted by molar-refractivity contribution is -0.384. The minimum Gasteiger partial charge on any atom is -0.328 e. The highest BCUT2D eigenvalue weighted by molar-refractivity contribution is 8.01. The molecule has 0 fully saturated rings. The van der Waals surface area contributed by atoms with Crippen molar-refractivity contribution in [2.75, 3.05) is 16.4 Å². The molecule has 0 bridgehead atoms. The number of aryl methyl sites for hydroxylation is 1. The zero-order chi connectivity index (χ0) is 20.1. The van der Waals surface area contributed by atoms with Gasteiger partial charge in [0.15, 0.2) is 4.34 Å². The molecular formula is C17H14FN5O3S2.